The van der Waals surface area contributed by atoms with E-state index in [1.807, 2.05) is 13.8 Å². The molecule has 7 nitrogen and oxygen atoms in total. The van der Waals surface area contributed by atoms with E-state index < -0.39 is 24.0 Å². The van der Waals surface area contributed by atoms with E-state index in [2.05, 4.69) is 5.32 Å². The van der Waals surface area contributed by atoms with E-state index in [4.69, 9.17) is 10.5 Å². The Balaban J connectivity index is 3.10. The normalized spacial score (nSPS) is 29.6. The number of amides is 1. The fraction of sp³-hybridized carbons (Fsp3) is 0.812. The Kier molecular flexibility index (Phi) is 7.00. The minimum atomic E-state index is -1.00. The maximum atomic E-state index is 11.5. The van der Waals surface area contributed by atoms with Gasteiger partial charge in [-0.25, -0.2) is 0 Å². The van der Waals surface area contributed by atoms with E-state index in [-0.39, 0.29) is 36.2 Å². The molecule has 23 heavy (non-hydrogen) atoms. The molecule has 0 heterocycles. The molecule has 1 aliphatic carbocycles. The van der Waals surface area contributed by atoms with Crippen molar-refractivity contribution in [3.63, 3.8) is 0 Å². The summed E-state index contributed by atoms with van der Waals surface area (Å²) in [6.45, 7) is 6.61. The second kappa shape index (κ2) is 8.29. The molecule has 1 aliphatic rings. The van der Waals surface area contributed by atoms with Crippen LogP contribution in [0.15, 0.2) is 0 Å². The Hall–Kier alpha value is -1.63. The first-order chi connectivity index (χ1) is 10.7. The average Bonchev–Trinajstić information content (AvgIpc) is 2.71. The van der Waals surface area contributed by atoms with Gasteiger partial charge in [0.2, 0.25) is 5.91 Å². The van der Waals surface area contributed by atoms with E-state index in [1.54, 1.807) is 0 Å². The van der Waals surface area contributed by atoms with Crippen molar-refractivity contribution in [1.82, 2.24) is 5.32 Å². The first-order valence-corrected chi connectivity index (χ1v) is 8.11. The lowest BCUT2D eigenvalue weighted by Gasteiger charge is -2.35. The molecule has 1 rings (SSSR count). The number of ether oxygens (including phenoxy) is 1. The van der Waals surface area contributed by atoms with Crippen molar-refractivity contribution in [3.05, 3.63) is 0 Å². The summed E-state index contributed by atoms with van der Waals surface area (Å²) in [7, 11) is 0. The molecule has 0 spiro atoms. The number of hydrogen-bond donors (Lipinski definition) is 3. The van der Waals surface area contributed by atoms with Gasteiger partial charge in [-0.05, 0) is 25.7 Å². The molecule has 0 aliphatic heterocycles. The van der Waals surface area contributed by atoms with Crippen molar-refractivity contribution in [2.24, 2.45) is 23.5 Å². The number of carboxylic acids is 1. The van der Waals surface area contributed by atoms with Crippen LogP contribution in [0, 0.1) is 17.8 Å². The van der Waals surface area contributed by atoms with Crippen LogP contribution in [0.3, 0.4) is 0 Å². The lowest BCUT2D eigenvalue weighted by Crippen LogP contribution is -2.48. The first-order valence-electron chi connectivity index (χ1n) is 8.11. The third kappa shape index (κ3) is 4.92. The summed E-state index contributed by atoms with van der Waals surface area (Å²) < 4.78 is 5.34. The molecule has 5 unspecified atom stereocenters. The minimum absolute atomic E-state index is 0.0485. The van der Waals surface area contributed by atoms with Gasteiger partial charge in [0.25, 0.3) is 0 Å². The predicted octanol–water partition coefficient (Wildman–Crippen LogP) is 0.907. The molecule has 6 atom stereocenters. The quantitative estimate of drug-likeness (QED) is 0.598. The highest BCUT2D eigenvalue weighted by molar-refractivity contribution is 5.74. The topological polar surface area (TPSA) is 119 Å². The maximum absolute atomic E-state index is 11.5. The van der Waals surface area contributed by atoms with Crippen molar-refractivity contribution in [3.8, 4) is 0 Å². The van der Waals surface area contributed by atoms with Crippen LogP contribution in [0.5, 0.6) is 0 Å². The highest BCUT2D eigenvalue weighted by Gasteiger charge is 2.51. The van der Waals surface area contributed by atoms with Crippen molar-refractivity contribution in [2.45, 2.75) is 65.1 Å². The Morgan fingerprint density at radius 1 is 1.35 bits per heavy atom. The number of esters is 1. The van der Waals surface area contributed by atoms with Gasteiger partial charge in [-0.3, -0.25) is 14.4 Å². The van der Waals surface area contributed by atoms with Crippen molar-refractivity contribution < 1.29 is 24.2 Å². The lowest BCUT2D eigenvalue weighted by molar-refractivity contribution is -0.158. The molecule has 0 aromatic heterocycles. The van der Waals surface area contributed by atoms with E-state index in [0.717, 1.165) is 12.8 Å². The molecule has 0 saturated heterocycles. The van der Waals surface area contributed by atoms with Gasteiger partial charge in [0, 0.05) is 31.8 Å². The smallest absolute Gasteiger partial charge is 0.310 e. The molecule has 4 N–H and O–H groups in total. The fourth-order valence-corrected chi connectivity index (χ4v) is 3.79. The van der Waals surface area contributed by atoms with Gasteiger partial charge in [-0.15, -0.1) is 0 Å². The largest absolute Gasteiger partial charge is 0.481 e. The van der Waals surface area contributed by atoms with Crippen LogP contribution in [0.4, 0.5) is 0 Å². The number of carbonyl (C=O) groups excluding carboxylic acids is 2. The highest BCUT2D eigenvalue weighted by atomic mass is 16.5. The Labute approximate surface area is 136 Å². The van der Waals surface area contributed by atoms with E-state index in [0.29, 0.717) is 0 Å². The van der Waals surface area contributed by atoms with Crippen LogP contribution < -0.4 is 11.1 Å². The van der Waals surface area contributed by atoms with Crippen LogP contribution >= 0.6 is 0 Å². The zero-order valence-corrected chi connectivity index (χ0v) is 14.2. The zero-order chi connectivity index (χ0) is 17.7. The minimum Gasteiger partial charge on any atom is -0.481 e. The maximum Gasteiger partial charge on any atom is 0.310 e. The molecule has 1 amide bonds. The van der Waals surface area contributed by atoms with Crippen molar-refractivity contribution >= 4 is 17.8 Å². The summed E-state index contributed by atoms with van der Waals surface area (Å²) in [5.74, 6) is -2.81. The number of aliphatic carboxylic acids is 1. The Bertz CT molecular complexity index is 454. The summed E-state index contributed by atoms with van der Waals surface area (Å²) in [6.07, 6.45) is 1.14. The third-order valence-electron chi connectivity index (χ3n) is 4.61. The van der Waals surface area contributed by atoms with Crippen molar-refractivity contribution in [2.75, 3.05) is 0 Å². The molecule has 132 valence electrons. The summed E-state index contributed by atoms with van der Waals surface area (Å²) in [5.41, 5.74) is 6.21. The molecule has 0 bridgehead atoms. The highest BCUT2D eigenvalue weighted by Crippen LogP contribution is 2.41. The summed E-state index contributed by atoms with van der Waals surface area (Å²) in [5, 5.41) is 12.3. The van der Waals surface area contributed by atoms with Crippen LogP contribution in [0.2, 0.25) is 0 Å². The number of carbonyl (C=O) groups is 3. The number of hydrogen-bond acceptors (Lipinski definition) is 5. The third-order valence-corrected chi connectivity index (χ3v) is 4.61. The fourth-order valence-electron chi connectivity index (χ4n) is 3.79. The van der Waals surface area contributed by atoms with Gasteiger partial charge < -0.3 is 20.9 Å². The molecule has 7 heteroatoms. The van der Waals surface area contributed by atoms with E-state index in [9.17, 15) is 19.5 Å². The number of nitrogens with one attached hydrogen (secondary N) is 1. The van der Waals surface area contributed by atoms with Crippen LogP contribution in [-0.4, -0.2) is 41.1 Å². The zero-order valence-electron chi connectivity index (χ0n) is 14.2. The van der Waals surface area contributed by atoms with E-state index >= 15 is 0 Å². The second-order valence-electron chi connectivity index (χ2n) is 6.44. The van der Waals surface area contributed by atoms with Gasteiger partial charge in [0.1, 0.15) is 6.10 Å². The van der Waals surface area contributed by atoms with Crippen molar-refractivity contribution in [1.29, 1.82) is 0 Å². The standard InChI is InChI=1S/C16H28N2O5/c1-5-6-11(8(2)18-9(3)19)14-13(17)7-12(16(21)22)15(14)23-10(4)20/h8,11-15H,5-7,17H2,1-4H3,(H,18,19)(H,21,22)/t8?,11?,12-,13?,14?,15?/m0/s1. The van der Waals surface area contributed by atoms with Gasteiger partial charge >= 0.3 is 11.9 Å². The summed E-state index contributed by atoms with van der Waals surface area (Å²) >= 11 is 0. The van der Waals surface area contributed by atoms with Crippen LogP contribution in [0.25, 0.3) is 0 Å². The SMILES string of the molecule is CCCC(C(C)NC(C)=O)C1C(N)C[C@H](C(=O)O)C1OC(C)=O. The Morgan fingerprint density at radius 3 is 2.39 bits per heavy atom. The molecular formula is C16H28N2O5. The molecule has 1 saturated carbocycles. The molecule has 1 fully saturated rings. The van der Waals surface area contributed by atoms with Gasteiger partial charge in [0.05, 0.1) is 5.92 Å². The monoisotopic (exact) mass is 328 g/mol. The first kappa shape index (κ1) is 19.4. The lowest BCUT2D eigenvalue weighted by atomic mass is 9.78. The number of carboxylic acid groups (broad SMARTS) is 1. The van der Waals surface area contributed by atoms with E-state index in [1.165, 1.54) is 13.8 Å². The molecule has 0 aromatic rings. The summed E-state index contributed by atoms with van der Waals surface area (Å²) in [6, 6.07) is -0.553. The van der Waals surface area contributed by atoms with Gasteiger partial charge in [-0.2, -0.15) is 0 Å². The molecule has 0 aromatic carbocycles. The van der Waals surface area contributed by atoms with Crippen LogP contribution in [-0.2, 0) is 19.1 Å². The average molecular weight is 328 g/mol. The second-order valence-corrected chi connectivity index (χ2v) is 6.44. The molecular weight excluding hydrogens is 300 g/mol. The number of nitrogens with two attached hydrogens (primary N) is 1. The Morgan fingerprint density at radius 2 is 1.96 bits per heavy atom. The summed E-state index contributed by atoms with van der Waals surface area (Å²) in [4.78, 5) is 34.3. The van der Waals surface area contributed by atoms with Gasteiger partial charge in [-0.1, -0.05) is 13.3 Å². The van der Waals surface area contributed by atoms with Crippen LogP contribution in [0.1, 0.15) is 47.0 Å². The molecule has 0 radical (unpaired) electrons. The number of rotatable bonds is 7. The van der Waals surface area contributed by atoms with Gasteiger partial charge in [0.15, 0.2) is 0 Å². The predicted molar refractivity (Wildman–Crippen MR) is 84.4 cm³/mol.